The van der Waals surface area contributed by atoms with Crippen LogP contribution in [0.2, 0.25) is 0 Å². The van der Waals surface area contributed by atoms with E-state index in [1.54, 1.807) is 0 Å². The fraction of sp³-hybridized carbons (Fsp3) is 0.678. The maximum absolute atomic E-state index is 13.0. The molecule has 8 N–H and O–H groups in total. The summed E-state index contributed by atoms with van der Waals surface area (Å²) in [4.78, 5) is 49.6. The van der Waals surface area contributed by atoms with Gasteiger partial charge in [0.05, 0.1) is 31.0 Å². The van der Waals surface area contributed by atoms with Gasteiger partial charge in [0.15, 0.2) is 0 Å². The molecule has 0 spiro atoms. The minimum absolute atomic E-state index is 0. The number of Topliss-reactive ketones (excluding diaryl/α,β-unsaturated/α-hetero) is 3. The third kappa shape index (κ3) is 38.1. The molecule has 5 fully saturated rings. The monoisotopic (exact) mass is 1590 g/mol. The Hall–Kier alpha value is -2.51. The van der Waals surface area contributed by atoms with E-state index in [1.807, 2.05) is 109 Å². The van der Waals surface area contributed by atoms with Crippen molar-refractivity contribution in [2.75, 3.05) is 44.8 Å². The number of halogens is 3. The zero-order chi connectivity index (χ0) is 75.5. The van der Waals surface area contributed by atoms with Gasteiger partial charge in [-0.15, -0.1) is 0 Å². The van der Waals surface area contributed by atoms with E-state index in [-0.39, 0.29) is 72.5 Å². The van der Waals surface area contributed by atoms with Gasteiger partial charge in [0.25, 0.3) is 0 Å². The molecule has 0 amide bonds. The molecule has 4 unspecified atom stereocenters. The van der Waals surface area contributed by atoms with Crippen molar-refractivity contribution in [3.63, 3.8) is 0 Å². The van der Waals surface area contributed by atoms with E-state index in [2.05, 4.69) is 132 Å². The number of nitrogens with one attached hydrogen (secondary N) is 1. The van der Waals surface area contributed by atoms with Gasteiger partial charge in [-0.1, -0.05) is 246 Å². The molecule has 0 aromatic heterocycles. The smallest absolute Gasteiger partial charge is 1.00 e. The third-order valence-corrected chi connectivity index (χ3v) is 23.1. The molecule has 578 valence electrons. The number of ketones is 3. The second kappa shape index (κ2) is 55.8. The van der Waals surface area contributed by atoms with Crippen molar-refractivity contribution in [3.05, 3.63) is 144 Å². The Morgan fingerprint density at radius 1 is 0.495 bits per heavy atom. The van der Waals surface area contributed by atoms with Crippen LogP contribution in [-0.4, -0.2) is 82.7 Å². The van der Waals surface area contributed by atoms with Gasteiger partial charge in [-0.25, -0.2) is 0 Å². The molecule has 1 heterocycles. The normalized spacial score (nSPS) is 24.8. The summed E-state index contributed by atoms with van der Waals surface area (Å²) in [7, 11) is 0. The van der Waals surface area contributed by atoms with Crippen molar-refractivity contribution >= 4 is 66.3 Å². The number of nitrogens with two attached hydrogens (primary N) is 2. The Kier molecular flexibility index (Phi) is 52.3. The van der Waals surface area contributed by atoms with Crippen LogP contribution in [0.15, 0.2) is 121 Å². The number of alkyl halides is 1. The number of carbonyl (C=O) groups excluding carboxylic acids is 4. The minimum atomic E-state index is -0.524. The van der Waals surface area contributed by atoms with E-state index in [9.17, 15) is 34.5 Å². The molecule has 0 radical (unpaired) electrons. The Morgan fingerprint density at radius 3 is 1.06 bits per heavy atom. The molecule has 16 atom stereocenters. The van der Waals surface area contributed by atoms with Crippen molar-refractivity contribution in [3.8, 4) is 0 Å². The summed E-state index contributed by atoms with van der Waals surface area (Å²) in [5.41, 5.74) is 14.7. The third-order valence-electron chi connectivity index (χ3n) is 22.0. The molecular formula is C87H139Br2ClN3NaO9. The van der Waals surface area contributed by atoms with Gasteiger partial charge < -0.3 is 37.7 Å². The standard InChI is InChI=1S/C22H35NO2.2C20H30O2.C11H19ClO.C8H11NO.C4H8O.C2H5Br2N.Na.H/c1-16(2)19-10-9-17(3)15-20(19)21(24)11-12-22(25-14-13-23)18-7-5-4-6-8-18;2*1-14(2)17-10-9-15(3)13-18(17)20(22)12-11-19(21)16-7-5-4-6-8-16;1-7(2)9-5-4-8(3)6-10(9)11(12)13;9-6-8(10)7-4-2-1-3-5-7;1-2-4-5-3-1;3-1-2-5-4;;/h4-8,16-17,19-20,22H,9-15,23H2,1-3H3;2*4-8,14-15,17-19,21H,9-13H2,1-3H3;7-10H,4-6H2,1-3H3;1-5,8,10H,6,9H2;1-4H2;5H,1-2H2;;/q;;;;;;;+1;-1/t17-,19+,20-,22?;2*15-,17+,18-,19?;8-,9+,10-;;;;;/m1111...../s1. The average Bonchev–Trinajstić information content (AvgIpc) is 0.855. The molecule has 0 bridgehead atoms. The van der Waals surface area contributed by atoms with E-state index in [1.165, 1.54) is 64.2 Å². The summed E-state index contributed by atoms with van der Waals surface area (Å²) in [6, 6.07) is 38.9. The maximum Gasteiger partial charge on any atom is 1.00 e. The fourth-order valence-corrected chi connectivity index (χ4v) is 17.0. The number of hydrogen-bond acceptors (Lipinski definition) is 12. The number of ether oxygens (including phenoxy) is 2. The number of aliphatic hydroxyl groups excluding tert-OH is 3. The first-order chi connectivity index (χ1) is 48.8. The molecule has 16 heteroatoms. The van der Waals surface area contributed by atoms with Crippen LogP contribution in [0.25, 0.3) is 0 Å². The molecule has 1 saturated heterocycles. The van der Waals surface area contributed by atoms with Gasteiger partial charge in [-0.3, -0.25) is 23.5 Å². The fourth-order valence-electron chi connectivity index (χ4n) is 15.8. The van der Waals surface area contributed by atoms with E-state index >= 15 is 0 Å². The Balaban J connectivity index is 0.000000640. The SMILES string of the molecule is BrCCNBr.C1CCOC1.CC(C)[C@@H]1CC[C@@H](C)C[C@H]1C(=O)CCC(O)c1ccccc1.CC(C)[C@@H]1CC[C@@H](C)C[C@H]1C(=O)CCC(O)c1ccccc1.CC(C)[C@@H]1CC[C@@H](C)C[C@H]1C(=O)CCC(OCCN)c1ccccc1.CC(C)[C@@H]1CC[C@@H](C)C[C@H]1C(=O)Cl.NCC(O)c1ccccc1.[H-].[Na+]. The number of hydrogen-bond donors (Lipinski definition) is 6. The summed E-state index contributed by atoms with van der Waals surface area (Å²) < 4.78 is 13.7. The van der Waals surface area contributed by atoms with Gasteiger partial charge in [0, 0.05) is 97.3 Å². The van der Waals surface area contributed by atoms with Crippen LogP contribution in [0.4, 0.5) is 0 Å². The quantitative estimate of drug-likeness (QED) is 0.0143. The van der Waals surface area contributed by atoms with Gasteiger partial charge in [-0.05, 0) is 188 Å². The summed E-state index contributed by atoms with van der Waals surface area (Å²) >= 11 is 11.9. The van der Waals surface area contributed by atoms with E-state index in [4.69, 9.17) is 32.5 Å². The van der Waals surface area contributed by atoms with Crippen molar-refractivity contribution in [2.24, 2.45) is 106 Å². The summed E-state index contributed by atoms with van der Waals surface area (Å²) in [5.74, 6) is 8.97. The van der Waals surface area contributed by atoms with E-state index < -0.39 is 18.3 Å². The van der Waals surface area contributed by atoms with Gasteiger partial charge in [-0.2, -0.15) is 0 Å². The van der Waals surface area contributed by atoms with E-state index in [0.717, 1.165) is 79.4 Å². The molecule has 12 nitrogen and oxygen atoms in total. The molecular weight excluding hydrogens is 1450 g/mol. The van der Waals surface area contributed by atoms with Crippen molar-refractivity contribution in [2.45, 2.75) is 236 Å². The predicted molar refractivity (Wildman–Crippen MR) is 432 cm³/mol. The molecule has 4 aromatic rings. The minimum Gasteiger partial charge on any atom is -1.00 e. The van der Waals surface area contributed by atoms with Gasteiger partial charge >= 0.3 is 29.6 Å². The van der Waals surface area contributed by atoms with Crippen molar-refractivity contribution in [1.82, 2.24) is 4.34 Å². The van der Waals surface area contributed by atoms with E-state index in [0.29, 0.717) is 134 Å². The maximum atomic E-state index is 13.0. The summed E-state index contributed by atoms with van der Waals surface area (Å²) in [5, 5.41) is 30.6. The molecule has 4 aromatic carbocycles. The van der Waals surface area contributed by atoms with Crippen molar-refractivity contribution in [1.29, 1.82) is 0 Å². The number of aliphatic hydroxyl groups is 3. The molecule has 4 aliphatic carbocycles. The largest absolute Gasteiger partial charge is 1.00 e. The second-order valence-corrected chi connectivity index (χ2v) is 33.2. The average molecular weight is 1590 g/mol. The van der Waals surface area contributed by atoms with Crippen LogP contribution in [0.5, 0.6) is 0 Å². The Bertz CT molecular complexity index is 2720. The van der Waals surface area contributed by atoms with Crippen LogP contribution in [-0.2, 0) is 28.7 Å². The summed E-state index contributed by atoms with van der Waals surface area (Å²) in [6.07, 6.45) is 18.2. The van der Waals surface area contributed by atoms with Gasteiger partial charge in [0.1, 0.15) is 17.3 Å². The first-order valence-electron chi connectivity index (χ1n) is 39.3. The van der Waals surface area contributed by atoms with Crippen LogP contribution in [0.3, 0.4) is 0 Å². The summed E-state index contributed by atoms with van der Waals surface area (Å²) in [6.45, 7) is 31.2. The predicted octanol–water partition coefficient (Wildman–Crippen LogP) is 17.6. The first-order valence-corrected chi connectivity index (χ1v) is 41.6. The molecule has 4 saturated carbocycles. The van der Waals surface area contributed by atoms with Crippen LogP contribution < -0.4 is 45.4 Å². The number of benzene rings is 4. The number of rotatable bonds is 27. The Morgan fingerprint density at radius 2 is 0.796 bits per heavy atom. The molecule has 103 heavy (non-hydrogen) atoms. The molecule has 9 rings (SSSR count). The zero-order valence-corrected chi connectivity index (χ0v) is 71.7. The van der Waals surface area contributed by atoms with Crippen LogP contribution >= 0.6 is 43.7 Å². The molecule has 5 aliphatic rings. The van der Waals surface area contributed by atoms with Crippen LogP contribution in [0.1, 0.15) is 260 Å². The number of carbonyl (C=O) groups is 4. The van der Waals surface area contributed by atoms with Crippen molar-refractivity contribution < 1.29 is 75.0 Å². The Labute approximate surface area is 670 Å². The zero-order valence-electron chi connectivity index (χ0n) is 66.8. The topological polar surface area (TPSA) is 212 Å². The van der Waals surface area contributed by atoms with Gasteiger partial charge in [0.2, 0.25) is 5.24 Å². The molecule has 1 aliphatic heterocycles. The van der Waals surface area contributed by atoms with Crippen LogP contribution in [0, 0.1) is 94.7 Å². The second-order valence-electron chi connectivity index (χ2n) is 31.5. The first kappa shape index (κ1) is 96.6.